The van der Waals surface area contributed by atoms with E-state index in [0.717, 1.165) is 12.0 Å². The lowest BCUT2D eigenvalue weighted by Crippen LogP contribution is -2.23. The molecule has 5 heteroatoms. The lowest BCUT2D eigenvalue weighted by atomic mass is 10.0. The van der Waals surface area contributed by atoms with Crippen LogP contribution in [0.2, 0.25) is 0 Å². The first-order valence-electron chi connectivity index (χ1n) is 4.97. The number of carbonyl (C=O) groups is 1. The van der Waals surface area contributed by atoms with Crippen LogP contribution in [0, 0.1) is 10.1 Å². The molecule has 1 aliphatic rings. The van der Waals surface area contributed by atoms with Crippen molar-refractivity contribution in [1.82, 2.24) is 0 Å². The Hall–Kier alpha value is -1.91. The van der Waals surface area contributed by atoms with Crippen LogP contribution in [0.25, 0.3) is 0 Å². The van der Waals surface area contributed by atoms with E-state index in [4.69, 9.17) is 5.11 Å². The highest BCUT2D eigenvalue weighted by Crippen LogP contribution is 2.15. The van der Waals surface area contributed by atoms with E-state index in [1.807, 2.05) is 18.2 Å². The normalized spacial score (nSPS) is 16.4. The largest absolute Gasteiger partial charge is 0.481 e. The Labute approximate surface area is 92.9 Å². The Kier molecular flexibility index (Phi) is 4.44. The second-order valence-electron chi connectivity index (χ2n) is 3.54. The molecule has 0 aromatic heterocycles. The molecule has 0 radical (unpaired) electrons. The molecule has 1 unspecified atom stereocenters. The molecule has 1 rings (SSSR count). The van der Waals surface area contributed by atoms with E-state index in [1.165, 1.54) is 0 Å². The molecule has 0 bridgehead atoms. The van der Waals surface area contributed by atoms with Gasteiger partial charge in [0, 0.05) is 11.3 Å². The van der Waals surface area contributed by atoms with Crippen LogP contribution in [-0.4, -0.2) is 22.0 Å². The zero-order chi connectivity index (χ0) is 12.0. The van der Waals surface area contributed by atoms with Gasteiger partial charge in [0.05, 0.1) is 0 Å². The molecular formula is C11H13NO4. The number of nitro groups is 1. The van der Waals surface area contributed by atoms with E-state index in [2.05, 4.69) is 0 Å². The van der Waals surface area contributed by atoms with Gasteiger partial charge in [-0.15, -0.1) is 0 Å². The van der Waals surface area contributed by atoms with E-state index < -0.39 is 23.4 Å². The molecule has 1 aliphatic carbocycles. The molecule has 16 heavy (non-hydrogen) atoms. The number of aliphatic carboxylic acids is 1. The zero-order valence-electron chi connectivity index (χ0n) is 8.70. The van der Waals surface area contributed by atoms with Gasteiger partial charge in [0.25, 0.3) is 0 Å². The highest BCUT2D eigenvalue weighted by molar-refractivity contribution is 5.67. The van der Waals surface area contributed by atoms with Crippen LogP contribution in [0.1, 0.15) is 19.3 Å². The van der Waals surface area contributed by atoms with Crippen molar-refractivity contribution in [1.29, 1.82) is 0 Å². The van der Waals surface area contributed by atoms with Crippen LogP contribution in [0.5, 0.6) is 0 Å². The van der Waals surface area contributed by atoms with Crippen molar-refractivity contribution in [2.24, 2.45) is 0 Å². The van der Waals surface area contributed by atoms with Crippen molar-refractivity contribution in [3.8, 4) is 0 Å². The summed E-state index contributed by atoms with van der Waals surface area (Å²) >= 11 is 0. The summed E-state index contributed by atoms with van der Waals surface area (Å²) in [5, 5.41) is 19.2. The van der Waals surface area contributed by atoms with Gasteiger partial charge < -0.3 is 5.11 Å². The first kappa shape index (κ1) is 12.2. The van der Waals surface area contributed by atoms with Gasteiger partial charge in [-0.05, 0) is 12.0 Å². The lowest BCUT2D eigenvalue weighted by molar-refractivity contribution is -0.521. The topological polar surface area (TPSA) is 80.4 Å². The van der Waals surface area contributed by atoms with Crippen LogP contribution in [0.15, 0.2) is 36.0 Å². The highest BCUT2D eigenvalue weighted by atomic mass is 16.6. The summed E-state index contributed by atoms with van der Waals surface area (Å²) in [7, 11) is 0. The van der Waals surface area contributed by atoms with E-state index in [1.54, 1.807) is 12.2 Å². The Balaban J connectivity index is 2.64. The van der Waals surface area contributed by atoms with E-state index in [9.17, 15) is 14.9 Å². The van der Waals surface area contributed by atoms with Gasteiger partial charge in [-0.3, -0.25) is 14.9 Å². The quantitative estimate of drug-likeness (QED) is 0.570. The molecule has 0 heterocycles. The first-order valence-corrected chi connectivity index (χ1v) is 4.97. The maximum atomic E-state index is 10.7. The van der Waals surface area contributed by atoms with Gasteiger partial charge in [-0.25, -0.2) is 0 Å². The van der Waals surface area contributed by atoms with E-state index in [-0.39, 0.29) is 6.42 Å². The van der Waals surface area contributed by atoms with Crippen molar-refractivity contribution in [3.05, 3.63) is 46.1 Å². The fourth-order valence-corrected chi connectivity index (χ4v) is 1.47. The smallest absolute Gasteiger partial charge is 0.310 e. The Morgan fingerprint density at radius 2 is 2.31 bits per heavy atom. The minimum Gasteiger partial charge on any atom is -0.481 e. The molecule has 0 aromatic carbocycles. The van der Waals surface area contributed by atoms with Gasteiger partial charge in [0.1, 0.15) is 6.42 Å². The molecule has 5 nitrogen and oxygen atoms in total. The van der Waals surface area contributed by atoms with Crippen LogP contribution in [0.4, 0.5) is 0 Å². The van der Waals surface area contributed by atoms with Crippen LogP contribution in [-0.2, 0) is 4.79 Å². The number of rotatable bonds is 5. The molecule has 0 aromatic rings. The average molecular weight is 223 g/mol. The fraction of sp³-hybridized carbons (Fsp3) is 0.364. The molecular weight excluding hydrogens is 210 g/mol. The minimum absolute atomic E-state index is 0.164. The predicted molar refractivity (Wildman–Crippen MR) is 58.6 cm³/mol. The molecule has 1 N–H and O–H groups in total. The van der Waals surface area contributed by atoms with Gasteiger partial charge in [0.2, 0.25) is 6.04 Å². The van der Waals surface area contributed by atoms with Crippen molar-refractivity contribution >= 4 is 5.97 Å². The lowest BCUT2D eigenvalue weighted by Gasteiger charge is -2.07. The van der Waals surface area contributed by atoms with Gasteiger partial charge >= 0.3 is 5.97 Å². The van der Waals surface area contributed by atoms with Crippen LogP contribution < -0.4 is 0 Å². The summed E-state index contributed by atoms with van der Waals surface area (Å²) < 4.78 is 0. The molecule has 0 spiro atoms. The molecule has 0 aliphatic heterocycles. The Morgan fingerprint density at radius 3 is 2.94 bits per heavy atom. The fourth-order valence-electron chi connectivity index (χ4n) is 1.47. The number of nitrogens with zero attached hydrogens (tertiary/aromatic N) is 1. The minimum atomic E-state index is -1.14. The second kappa shape index (κ2) is 5.85. The summed E-state index contributed by atoms with van der Waals surface area (Å²) in [6.07, 6.45) is 9.70. The molecule has 0 saturated carbocycles. The predicted octanol–water partition coefficient (Wildman–Crippen LogP) is 1.94. The van der Waals surface area contributed by atoms with Gasteiger partial charge in [-0.1, -0.05) is 30.4 Å². The summed E-state index contributed by atoms with van der Waals surface area (Å²) in [6, 6.07) is -1.05. The first-order chi connectivity index (χ1) is 7.59. The maximum Gasteiger partial charge on any atom is 0.310 e. The van der Waals surface area contributed by atoms with E-state index >= 15 is 0 Å². The van der Waals surface area contributed by atoms with Gasteiger partial charge in [-0.2, -0.15) is 0 Å². The van der Waals surface area contributed by atoms with Crippen molar-refractivity contribution in [3.63, 3.8) is 0 Å². The zero-order valence-corrected chi connectivity index (χ0v) is 8.70. The molecule has 0 fully saturated rings. The van der Waals surface area contributed by atoms with Crippen molar-refractivity contribution in [2.45, 2.75) is 25.3 Å². The number of carboxylic acid groups (broad SMARTS) is 1. The standard InChI is InChI=1S/C11H13NO4/c13-11(14)8-10(12(15)16)7-9-5-3-1-2-4-6-9/h1-3,5-6,10H,4,7-8H2,(H,13,14). The number of carboxylic acids is 1. The van der Waals surface area contributed by atoms with E-state index in [0.29, 0.717) is 0 Å². The summed E-state index contributed by atoms with van der Waals surface area (Å²) in [6.45, 7) is 0. The third kappa shape index (κ3) is 4.08. The molecule has 1 atom stereocenters. The Morgan fingerprint density at radius 1 is 1.56 bits per heavy atom. The molecule has 0 amide bonds. The van der Waals surface area contributed by atoms with Crippen LogP contribution >= 0.6 is 0 Å². The van der Waals surface area contributed by atoms with Gasteiger partial charge in [0.15, 0.2) is 0 Å². The van der Waals surface area contributed by atoms with Crippen LogP contribution in [0.3, 0.4) is 0 Å². The molecule has 0 saturated heterocycles. The average Bonchev–Trinajstić information content (AvgIpc) is 2.44. The highest BCUT2D eigenvalue weighted by Gasteiger charge is 2.24. The third-order valence-corrected chi connectivity index (χ3v) is 2.25. The number of hydrogen-bond acceptors (Lipinski definition) is 3. The van der Waals surface area contributed by atoms with Crippen molar-refractivity contribution in [2.75, 3.05) is 0 Å². The maximum absolute atomic E-state index is 10.7. The SMILES string of the molecule is O=C(O)CC(CC1=CCC=CC=C1)[N+](=O)[O-]. The summed E-state index contributed by atoms with van der Waals surface area (Å²) in [4.78, 5) is 20.6. The third-order valence-electron chi connectivity index (χ3n) is 2.25. The number of allylic oxidation sites excluding steroid dienone is 5. The molecule has 86 valence electrons. The number of hydrogen-bond donors (Lipinski definition) is 1. The monoisotopic (exact) mass is 223 g/mol. The second-order valence-corrected chi connectivity index (χ2v) is 3.54. The van der Waals surface area contributed by atoms with Crippen molar-refractivity contribution < 1.29 is 14.8 Å². The summed E-state index contributed by atoms with van der Waals surface area (Å²) in [5.74, 6) is -1.14. The Bertz CT molecular complexity index is 368. The summed E-state index contributed by atoms with van der Waals surface area (Å²) in [5.41, 5.74) is 0.813.